The van der Waals surface area contributed by atoms with Crippen molar-refractivity contribution in [3.63, 3.8) is 0 Å². The third-order valence-corrected chi connectivity index (χ3v) is 6.35. The van der Waals surface area contributed by atoms with Crippen molar-refractivity contribution < 1.29 is 36.2 Å². The number of nitrogens with one attached hydrogen (secondary N) is 2. The zero-order chi connectivity index (χ0) is 27.0. The molecule has 0 radical (unpaired) electrons. The summed E-state index contributed by atoms with van der Waals surface area (Å²) in [5.74, 6) is -1.92. The zero-order valence-corrected chi connectivity index (χ0v) is 21.4. The van der Waals surface area contributed by atoms with Crippen LogP contribution in [0.1, 0.15) is 39.5 Å². The molecular formula is C25H33F3N2O5S. The number of sulfonamides is 1. The summed E-state index contributed by atoms with van der Waals surface area (Å²) in [6.45, 7) is 6.21. The summed E-state index contributed by atoms with van der Waals surface area (Å²) >= 11 is 0. The first kappa shape index (κ1) is 29.4. The van der Waals surface area contributed by atoms with Gasteiger partial charge in [0.1, 0.15) is 12.4 Å². The quantitative estimate of drug-likeness (QED) is 0.401. The summed E-state index contributed by atoms with van der Waals surface area (Å²) in [7, 11) is -3.29. The second-order valence-corrected chi connectivity index (χ2v) is 11.3. The maximum absolute atomic E-state index is 11.4. The van der Waals surface area contributed by atoms with Crippen LogP contribution in [-0.2, 0) is 14.8 Å². The van der Waals surface area contributed by atoms with Crippen LogP contribution in [0.15, 0.2) is 48.5 Å². The fourth-order valence-electron chi connectivity index (χ4n) is 3.76. The van der Waals surface area contributed by atoms with Crippen LogP contribution in [0.3, 0.4) is 0 Å². The van der Waals surface area contributed by atoms with Gasteiger partial charge in [0.05, 0.1) is 6.26 Å². The van der Waals surface area contributed by atoms with Gasteiger partial charge in [-0.1, -0.05) is 38.1 Å². The number of carbonyl (C=O) groups is 1. The van der Waals surface area contributed by atoms with Gasteiger partial charge in [0, 0.05) is 18.3 Å². The lowest BCUT2D eigenvalue weighted by molar-refractivity contribution is -0.192. The van der Waals surface area contributed by atoms with Gasteiger partial charge in [-0.15, -0.1) is 0 Å². The molecule has 2 aromatic carbocycles. The van der Waals surface area contributed by atoms with Gasteiger partial charge in [0.25, 0.3) is 0 Å². The minimum absolute atomic E-state index is 0.497. The van der Waals surface area contributed by atoms with E-state index in [1.807, 2.05) is 42.5 Å². The van der Waals surface area contributed by atoms with Crippen molar-refractivity contribution in [2.75, 3.05) is 24.1 Å². The number of halogens is 3. The highest BCUT2D eigenvalue weighted by molar-refractivity contribution is 7.92. The van der Waals surface area contributed by atoms with Crippen molar-refractivity contribution in [2.45, 2.75) is 51.7 Å². The second-order valence-electron chi connectivity index (χ2n) is 9.52. The monoisotopic (exact) mass is 530 g/mol. The highest BCUT2D eigenvalue weighted by Crippen LogP contribution is 2.35. The fourth-order valence-corrected chi connectivity index (χ4v) is 4.31. The molecule has 36 heavy (non-hydrogen) atoms. The Kier molecular flexibility index (Phi) is 10.2. The summed E-state index contributed by atoms with van der Waals surface area (Å²) in [4.78, 5) is 8.90. The first-order valence-electron chi connectivity index (χ1n) is 11.5. The number of hydrogen-bond acceptors (Lipinski definition) is 5. The Balaban J connectivity index is 0.000000572. The van der Waals surface area contributed by atoms with E-state index in [1.54, 1.807) is 6.07 Å². The van der Waals surface area contributed by atoms with Crippen LogP contribution in [0.4, 0.5) is 18.9 Å². The molecule has 0 amide bonds. The van der Waals surface area contributed by atoms with Crippen molar-refractivity contribution in [3.05, 3.63) is 48.5 Å². The summed E-state index contributed by atoms with van der Waals surface area (Å²) < 4.78 is 62.9. The lowest BCUT2D eigenvalue weighted by Crippen LogP contribution is -2.37. The summed E-state index contributed by atoms with van der Waals surface area (Å²) in [6.07, 6.45) is 1.13. The maximum Gasteiger partial charge on any atom is 0.490 e. The molecule has 0 spiro atoms. The minimum atomic E-state index is -5.08. The minimum Gasteiger partial charge on any atom is -0.492 e. The number of anilines is 1. The van der Waals surface area contributed by atoms with Crippen LogP contribution in [-0.4, -0.2) is 51.1 Å². The molecular weight excluding hydrogens is 497 g/mol. The number of hydrogen-bond donors (Lipinski definition) is 3. The van der Waals surface area contributed by atoms with Crippen molar-refractivity contribution in [3.8, 4) is 16.9 Å². The van der Waals surface area contributed by atoms with Crippen molar-refractivity contribution in [2.24, 2.45) is 5.41 Å². The van der Waals surface area contributed by atoms with E-state index in [9.17, 15) is 21.6 Å². The molecule has 1 aliphatic carbocycles. The number of alkyl halides is 3. The van der Waals surface area contributed by atoms with Crippen molar-refractivity contribution in [1.29, 1.82) is 0 Å². The molecule has 1 fully saturated rings. The van der Waals surface area contributed by atoms with Crippen LogP contribution >= 0.6 is 0 Å². The first-order chi connectivity index (χ1) is 16.6. The predicted molar refractivity (Wildman–Crippen MR) is 134 cm³/mol. The highest BCUT2D eigenvalue weighted by atomic mass is 32.2. The number of benzene rings is 2. The van der Waals surface area contributed by atoms with E-state index in [0.717, 1.165) is 29.7 Å². The molecule has 3 rings (SSSR count). The Hall–Kier alpha value is -2.79. The van der Waals surface area contributed by atoms with Crippen LogP contribution in [0.5, 0.6) is 5.75 Å². The molecule has 0 heterocycles. The average Bonchev–Trinajstić information content (AvgIpc) is 2.77. The van der Waals surface area contributed by atoms with E-state index in [2.05, 4.69) is 23.9 Å². The van der Waals surface area contributed by atoms with E-state index < -0.39 is 22.2 Å². The molecule has 0 saturated heterocycles. The maximum atomic E-state index is 11.4. The normalized spacial score (nSPS) is 15.9. The van der Waals surface area contributed by atoms with E-state index in [-0.39, 0.29) is 0 Å². The molecule has 0 aromatic heterocycles. The third kappa shape index (κ3) is 10.9. The molecule has 0 unspecified atom stereocenters. The SMILES string of the molecule is CC1(C)CCC(NCCOc2ccc(-c3cccc(NS(C)(=O)=O)c3)cc2)CC1.O=C(O)C(F)(F)F. The van der Waals surface area contributed by atoms with Gasteiger partial charge >= 0.3 is 12.1 Å². The van der Waals surface area contributed by atoms with E-state index in [4.69, 9.17) is 14.6 Å². The summed E-state index contributed by atoms with van der Waals surface area (Å²) in [6, 6.07) is 15.9. The molecule has 0 aliphatic heterocycles. The molecule has 0 atom stereocenters. The van der Waals surface area contributed by atoms with Crippen LogP contribution in [0, 0.1) is 5.41 Å². The molecule has 1 saturated carbocycles. The van der Waals surface area contributed by atoms with E-state index in [0.29, 0.717) is 23.8 Å². The van der Waals surface area contributed by atoms with Crippen molar-refractivity contribution in [1.82, 2.24) is 5.32 Å². The van der Waals surface area contributed by atoms with E-state index >= 15 is 0 Å². The topological polar surface area (TPSA) is 105 Å². The first-order valence-corrected chi connectivity index (χ1v) is 13.4. The number of carboxylic acid groups (broad SMARTS) is 1. The van der Waals surface area contributed by atoms with Gasteiger partial charge in [-0.3, -0.25) is 4.72 Å². The molecule has 0 bridgehead atoms. The van der Waals surface area contributed by atoms with Crippen LogP contribution in [0.2, 0.25) is 0 Å². The lowest BCUT2D eigenvalue weighted by Gasteiger charge is -2.34. The second kappa shape index (κ2) is 12.4. The Morgan fingerprint density at radius 2 is 1.67 bits per heavy atom. The molecule has 2 aromatic rings. The number of aliphatic carboxylic acids is 1. The largest absolute Gasteiger partial charge is 0.492 e. The van der Waals surface area contributed by atoms with Crippen molar-refractivity contribution >= 4 is 21.7 Å². The average molecular weight is 531 g/mol. The van der Waals surface area contributed by atoms with E-state index in [1.165, 1.54) is 25.7 Å². The standard InChI is InChI=1S/C23H32N2O3S.C2HF3O2/c1-23(2)13-11-20(12-14-23)24-15-16-28-22-9-7-18(8-10-22)19-5-4-6-21(17-19)25-29(3,26)27;3-2(4,5)1(6)7/h4-10,17,20,24-25H,11-16H2,1-3H3;(H,6,7). The number of carboxylic acids is 1. The Morgan fingerprint density at radius 3 is 2.19 bits per heavy atom. The highest BCUT2D eigenvalue weighted by Gasteiger charge is 2.38. The van der Waals surface area contributed by atoms with Gasteiger partial charge in [0.15, 0.2) is 0 Å². The molecule has 1 aliphatic rings. The lowest BCUT2D eigenvalue weighted by atomic mass is 9.75. The Bertz CT molecular complexity index is 1090. The number of ether oxygens (including phenoxy) is 1. The van der Waals surface area contributed by atoms with Gasteiger partial charge in [0.2, 0.25) is 10.0 Å². The third-order valence-electron chi connectivity index (χ3n) is 5.74. The fraction of sp³-hybridized carbons (Fsp3) is 0.480. The number of rotatable bonds is 8. The Morgan fingerprint density at radius 1 is 1.08 bits per heavy atom. The molecule has 7 nitrogen and oxygen atoms in total. The predicted octanol–water partition coefficient (Wildman–Crippen LogP) is 5.30. The smallest absolute Gasteiger partial charge is 0.490 e. The molecule has 3 N–H and O–H groups in total. The van der Waals surface area contributed by atoms with Crippen LogP contribution in [0.25, 0.3) is 11.1 Å². The molecule has 200 valence electrons. The molecule has 11 heteroatoms. The van der Waals surface area contributed by atoms with Gasteiger partial charge in [-0.2, -0.15) is 13.2 Å². The zero-order valence-electron chi connectivity index (χ0n) is 20.6. The summed E-state index contributed by atoms with van der Waals surface area (Å²) in [5, 5.41) is 10.7. The van der Waals surface area contributed by atoms with Gasteiger partial charge in [-0.25, -0.2) is 13.2 Å². The van der Waals surface area contributed by atoms with Gasteiger partial charge in [-0.05, 0) is 66.5 Å². The van der Waals surface area contributed by atoms with Gasteiger partial charge < -0.3 is 15.2 Å². The summed E-state index contributed by atoms with van der Waals surface area (Å²) in [5.41, 5.74) is 3.02. The van der Waals surface area contributed by atoms with Crippen LogP contribution < -0.4 is 14.8 Å². The Labute approximate surface area is 210 Å².